The number of anilines is 3. The van der Waals surface area contributed by atoms with Crippen LogP contribution in [0.25, 0.3) is 10.9 Å². The van der Waals surface area contributed by atoms with Crippen molar-refractivity contribution in [3.8, 4) is 5.75 Å². The summed E-state index contributed by atoms with van der Waals surface area (Å²) in [5, 5.41) is 6.86. The summed E-state index contributed by atoms with van der Waals surface area (Å²) in [4.78, 5) is 23.7. The summed E-state index contributed by atoms with van der Waals surface area (Å²) in [7, 11) is 0. The molecule has 2 aromatic carbocycles. The Morgan fingerprint density at radius 2 is 2.15 bits per heavy atom. The number of fused-ring (bicyclic) bond motifs is 1. The number of nitrogens with zero attached hydrogens (tertiary/aromatic N) is 3. The van der Waals surface area contributed by atoms with Crippen molar-refractivity contribution in [3.05, 3.63) is 60.2 Å². The highest BCUT2D eigenvalue weighted by atomic mass is 19.1. The van der Waals surface area contributed by atoms with E-state index in [0.29, 0.717) is 51.9 Å². The minimum Gasteiger partial charge on any atom is -0.492 e. The molecule has 1 atom stereocenters. The van der Waals surface area contributed by atoms with Gasteiger partial charge in [0.25, 0.3) is 0 Å². The lowest BCUT2D eigenvalue weighted by Crippen LogP contribution is -2.20. The maximum Gasteiger partial charge on any atom is 0.248 e. The van der Waals surface area contributed by atoms with Crippen LogP contribution in [-0.2, 0) is 4.79 Å². The van der Waals surface area contributed by atoms with Gasteiger partial charge in [0.1, 0.15) is 23.7 Å². The molecule has 1 amide bonds. The maximum atomic E-state index is 13.7. The molecule has 7 nitrogen and oxygen atoms in total. The Kier molecular flexibility index (Phi) is 7.37. The molecule has 3 aromatic rings. The van der Waals surface area contributed by atoms with Crippen LogP contribution in [0.4, 0.5) is 21.6 Å². The van der Waals surface area contributed by atoms with Gasteiger partial charge >= 0.3 is 0 Å². The van der Waals surface area contributed by atoms with Gasteiger partial charge in [0.15, 0.2) is 0 Å². The molecule has 1 aliphatic rings. The Morgan fingerprint density at radius 3 is 2.88 bits per heavy atom. The Bertz CT molecular complexity index is 1210. The van der Waals surface area contributed by atoms with E-state index in [2.05, 4.69) is 32.4 Å². The summed E-state index contributed by atoms with van der Waals surface area (Å²) in [5.74, 6) is 1.29. The van der Waals surface area contributed by atoms with Crippen LogP contribution in [0.1, 0.15) is 25.8 Å². The van der Waals surface area contributed by atoms with E-state index in [1.165, 1.54) is 18.8 Å². The lowest BCUT2D eigenvalue weighted by molar-refractivity contribution is -0.111. The van der Waals surface area contributed by atoms with Crippen LogP contribution >= 0.6 is 0 Å². The summed E-state index contributed by atoms with van der Waals surface area (Å²) < 4.78 is 19.4. The Labute approximate surface area is 199 Å². The maximum absolute atomic E-state index is 13.7. The van der Waals surface area contributed by atoms with Gasteiger partial charge in [-0.3, -0.25) is 9.69 Å². The van der Waals surface area contributed by atoms with Crippen molar-refractivity contribution in [1.29, 1.82) is 0 Å². The van der Waals surface area contributed by atoms with Crippen molar-refractivity contribution in [2.45, 2.75) is 27.2 Å². The molecule has 0 saturated carbocycles. The number of carbonyl (C=O) groups excluding carboxylic acids is 1. The van der Waals surface area contributed by atoms with Gasteiger partial charge in [-0.1, -0.05) is 13.0 Å². The van der Waals surface area contributed by atoms with Gasteiger partial charge in [-0.15, -0.1) is 0 Å². The molecule has 0 bridgehead atoms. The van der Waals surface area contributed by atoms with E-state index in [4.69, 9.17) is 4.74 Å². The predicted octanol–water partition coefficient (Wildman–Crippen LogP) is 5.06. The summed E-state index contributed by atoms with van der Waals surface area (Å²) in [6.07, 6.45) is 6.11. The molecule has 1 fully saturated rings. The molecule has 2 heterocycles. The fourth-order valence-electron chi connectivity index (χ4n) is 4.09. The number of aryl methyl sites for hydroxylation is 1. The van der Waals surface area contributed by atoms with Crippen molar-refractivity contribution in [2.75, 3.05) is 36.9 Å². The molecule has 4 rings (SSSR count). The smallest absolute Gasteiger partial charge is 0.248 e. The van der Waals surface area contributed by atoms with Crippen LogP contribution in [0.5, 0.6) is 5.75 Å². The van der Waals surface area contributed by atoms with Crippen LogP contribution in [0.2, 0.25) is 0 Å². The van der Waals surface area contributed by atoms with E-state index in [9.17, 15) is 9.18 Å². The van der Waals surface area contributed by atoms with E-state index in [0.717, 1.165) is 19.6 Å². The molecule has 2 N–H and O–H groups in total. The van der Waals surface area contributed by atoms with Gasteiger partial charge in [-0.25, -0.2) is 14.4 Å². The second-order valence-electron chi connectivity index (χ2n) is 8.65. The topological polar surface area (TPSA) is 79.4 Å². The monoisotopic (exact) mass is 463 g/mol. The third kappa shape index (κ3) is 5.69. The average Bonchev–Trinajstić information content (AvgIpc) is 3.22. The number of ether oxygens (including phenoxy) is 1. The number of likely N-dealkylation sites (tertiary alicyclic amines) is 1. The number of carbonyl (C=O) groups is 1. The molecule has 178 valence electrons. The summed E-state index contributed by atoms with van der Waals surface area (Å²) in [5.41, 5.74) is 2.44. The van der Waals surface area contributed by atoms with Crippen molar-refractivity contribution in [2.24, 2.45) is 5.92 Å². The number of benzene rings is 2. The second kappa shape index (κ2) is 10.6. The van der Waals surface area contributed by atoms with Crippen molar-refractivity contribution < 1.29 is 13.9 Å². The zero-order valence-electron chi connectivity index (χ0n) is 19.8. The number of hydrogen-bond acceptors (Lipinski definition) is 6. The lowest BCUT2D eigenvalue weighted by atomic mass is 10.1. The highest BCUT2D eigenvalue weighted by Gasteiger charge is 2.17. The zero-order valence-corrected chi connectivity index (χ0v) is 19.8. The SMILES string of the molecule is CCOc1cc2ncnc(Nc3ccc(F)c(C)c3)c2cc1NC(=O)/C=C/CN1CCC(C)C1. The fraction of sp³-hybridized carbons (Fsp3) is 0.346. The van der Waals surface area contributed by atoms with Crippen LogP contribution in [0.15, 0.2) is 48.8 Å². The van der Waals surface area contributed by atoms with Gasteiger partial charge < -0.3 is 15.4 Å². The molecule has 1 unspecified atom stereocenters. The van der Waals surface area contributed by atoms with Crippen molar-refractivity contribution >= 4 is 34.0 Å². The van der Waals surface area contributed by atoms with Gasteiger partial charge in [0.05, 0.1) is 17.8 Å². The third-order valence-corrected chi connectivity index (χ3v) is 5.86. The van der Waals surface area contributed by atoms with Gasteiger partial charge in [0.2, 0.25) is 5.91 Å². The molecule has 1 saturated heterocycles. The summed E-state index contributed by atoms with van der Waals surface area (Å²) in [6.45, 7) is 9.17. The molecular formula is C26H30FN5O2. The zero-order chi connectivity index (χ0) is 24.1. The van der Waals surface area contributed by atoms with Gasteiger partial charge in [0, 0.05) is 36.3 Å². The molecule has 8 heteroatoms. The Hall–Kier alpha value is -3.52. The highest BCUT2D eigenvalue weighted by molar-refractivity contribution is 6.03. The van der Waals surface area contributed by atoms with E-state index < -0.39 is 0 Å². The minimum absolute atomic E-state index is 0.229. The third-order valence-electron chi connectivity index (χ3n) is 5.86. The molecule has 1 aromatic heterocycles. The molecule has 1 aliphatic heterocycles. The average molecular weight is 464 g/mol. The summed E-state index contributed by atoms with van der Waals surface area (Å²) >= 11 is 0. The Morgan fingerprint density at radius 1 is 1.29 bits per heavy atom. The number of hydrogen-bond donors (Lipinski definition) is 2. The quantitative estimate of drug-likeness (QED) is 0.455. The number of aromatic nitrogens is 2. The minimum atomic E-state index is -0.267. The van der Waals surface area contributed by atoms with E-state index in [1.807, 2.05) is 13.0 Å². The number of rotatable bonds is 8. The van der Waals surface area contributed by atoms with Crippen LogP contribution in [0.3, 0.4) is 0 Å². The fourth-order valence-corrected chi connectivity index (χ4v) is 4.09. The van der Waals surface area contributed by atoms with E-state index in [1.54, 1.807) is 37.3 Å². The number of nitrogens with one attached hydrogen (secondary N) is 2. The molecule has 34 heavy (non-hydrogen) atoms. The van der Waals surface area contributed by atoms with Crippen molar-refractivity contribution in [1.82, 2.24) is 14.9 Å². The van der Waals surface area contributed by atoms with Crippen LogP contribution in [0, 0.1) is 18.7 Å². The van der Waals surface area contributed by atoms with E-state index in [-0.39, 0.29) is 11.7 Å². The first kappa shape index (κ1) is 23.6. The standard InChI is InChI=1S/C26H30FN5O2/c1-4-34-24-14-22-20(26(29-16-28-22)30-19-7-8-21(27)18(3)12-19)13-23(24)31-25(33)6-5-10-32-11-9-17(2)15-32/h5-8,12-14,16-17H,4,9-11,15H2,1-3H3,(H,31,33)(H,28,29,30)/b6-5+. The van der Waals surface area contributed by atoms with E-state index >= 15 is 0 Å². The lowest BCUT2D eigenvalue weighted by Gasteiger charge is -2.14. The van der Waals surface area contributed by atoms with Crippen molar-refractivity contribution in [3.63, 3.8) is 0 Å². The Balaban J connectivity index is 1.57. The number of halogens is 1. The van der Waals surface area contributed by atoms with Crippen LogP contribution < -0.4 is 15.4 Å². The molecule has 0 radical (unpaired) electrons. The summed E-state index contributed by atoms with van der Waals surface area (Å²) in [6, 6.07) is 8.36. The largest absolute Gasteiger partial charge is 0.492 e. The normalized spacial score (nSPS) is 16.3. The first-order valence-corrected chi connectivity index (χ1v) is 11.6. The highest BCUT2D eigenvalue weighted by Crippen LogP contribution is 2.33. The second-order valence-corrected chi connectivity index (χ2v) is 8.65. The first-order valence-electron chi connectivity index (χ1n) is 11.6. The molecular weight excluding hydrogens is 433 g/mol. The molecule has 0 aliphatic carbocycles. The predicted molar refractivity (Wildman–Crippen MR) is 133 cm³/mol. The number of amides is 1. The van der Waals surface area contributed by atoms with Crippen LogP contribution in [-0.4, -0.2) is 47.0 Å². The molecule has 0 spiro atoms. The van der Waals surface area contributed by atoms with Gasteiger partial charge in [-0.2, -0.15) is 0 Å². The van der Waals surface area contributed by atoms with Gasteiger partial charge in [-0.05, 0) is 62.6 Å². The first-order chi connectivity index (χ1) is 16.4.